The Hall–Kier alpha value is -1.16. The lowest BCUT2D eigenvalue weighted by Gasteiger charge is -2.07. The summed E-state index contributed by atoms with van der Waals surface area (Å²) in [6.07, 6.45) is 3.37. The number of nitrogens with one attached hydrogen (secondary N) is 1. The third-order valence-corrected chi connectivity index (χ3v) is 2.96. The van der Waals surface area contributed by atoms with Gasteiger partial charge >= 0.3 is 6.03 Å². The Morgan fingerprint density at radius 3 is 2.87 bits per heavy atom. The van der Waals surface area contributed by atoms with Crippen LogP contribution in [0.4, 0.5) is 4.79 Å². The number of hydrogen-bond donors (Lipinski definition) is 2. The van der Waals surface area contributed by atoms with Crippen LogP contribution in [0.1, 0.15) is 25.3 Å². The second kappa shape index (κ2) is 6.35. The van der Waals surface area contributed by atoms with Crippen molar-refractivity contribution < 1.29 is 4.79 Å². The number of hydrogen-bond acceptors (Lipinski definition) is 2. The van der Waals surface area contributed by atoms with Crippen molar-refractivity contribution in [2.45, 2.75) is 31.1 Å². The van der Waals surface area contributed by atoms with E-state index in [1.165, 1.54) is 23.9 Å². The van der Waals surface area contributed by atoms with Crippen molar-refractivity contribution in [3.63, 3.8) is 0 Å². The minimum Gasteiger partial charge on any atom is -0.351 e. The predicted octanol–water partition coefficient (Wildman–Crippen LogP) is 2.70. The van der Waals surface area contributed by atoms with E-state index < -0.39 is 6.03 Å². The summed E-state index contributed by atoms with van der Waals surface area (Å²) in [7, 11) is 0. The Morgan fingerprint density at radius 1 is 1.47 bits per heavy atom. The van der Waals surface area contributed by atoms with Crippen molar-refractivity contribution in [3.8, 4) is 0 Å². The molecule has 0 aliphatic rings. The van der Waals surface area contributed by atoms with Gasteiger partial charge in [-0.2, -0.15) is 0 Å². The number of carbonyl (C=O) groups excluding carboxylic acids is 1. The van der Waals surface area contributed by atoms with E-state index in [0.717, 1.165) is 17.7 Å². The maximum atomic E-state index is 10.6. The van der Waals surface area contributed by atoms with E-state index in [-0.39, 0.29) is 0 Å². The number of carbonyl (C=O) groups is 1. The van der Waals surface area contributed by atoms with Crippen LogP contribution in [0.15, 0.2) is 29.2 Å². The Kier molecular flexibility index (Phi) is 5.04. The van der Waals surface area contributed by atoms with Gasteiger partial charge in [0.2, 0.25) is 0 Å². The number of aryl methyl sites for hydroxylation is 1. The highest BCUT2D eigenvalue weighted by atomic mass is 32.2. The molecule has 1 aromatic carbocycles. The zero-order chi connectivity index (χ0) is 11.1. The van der Waals surface area contributed by atoms with Crippen molar-refractivity contribution in [2.24, 2.45) is 5.73 Å². The quantitative estimate of drug-likeness (QED) is 0.755. The molecule has 2 amide bonds. The third kappa shape index (κ3) is 4.25. The number of urea groups is 1. The molecule has 0 saturated carbocycles. The second-order valence-electron chi connectivity index (χ2n) is 3.28. The molecule has 0 radical (unpaired) electrons. The molecule has 1 aromatic rings. The van der Waals surface area contributed by atoms with Gasteiger partial charge in [0.25, 0.3) is 0 Å². The SMILES string of the molecule is CCCCc1ccccc1SNC(N)=O. The smallest absolute Gasteiger partial charge is 0.322 e. The average Bonchev–Trinajstić information content (AvgIpc) is 2.24. The number of nitrogens with two attached hydrogens (primary N) is 1. The molecule has 15 heavy (non-hydrogen) atoms. The topological polar surface area (TPSA) is 55.1 Å². The minimum absolute atomic E-state index is 0.509. The molecule has 0 fully saturated rings. The lowest BCUT2D eigenvalue weighted by molar-refractivity contribution is 0.254. The number of primary amides is 1. The lowest BCUT2D eigenvalue weighted by atomic mass is 10.1. The molecule has 0 atom stereocenters. The zero-order valence-corrected chi connectivity index (χ0v) is 9.64. The van der Waals surface area contributed by atoms with E-state index in [9.17, 15) is 4.79 Å². The van der Waals surface area contributed by atoms with Gasteiger partial charge in [-0.05, 0) is 36.4 Å². The third-order valence-electron chi connectivity index (χ3n) is 2.03. The van der Waals surface area contributed by atoms with E-state index in [1.807, 2.05) is 18.2 Å². The van der Waals surface area contributed by atoms with Crippen molar-refractivity contribution >= 4 is 18.0 Å². The van der Waals surface area contributed by atoms with Gasteiger partial charge < -0.3 is 5.73 Å². The van der Waals surface area contributed by atoms with Gasteiger partial charge in [-0.1, -0.05) is 31.5 Å². The summed E-state index contributed by atoms with van der Waals surface area (Å²) in [5.74, 6) is 0. The Labute approximate surface area is 94.6 Å². The monoisotopic (exact) mass is 224 g/mol. The zero-order valence-electron chi connectivity index (χ0n) is 8.82. The van der Waals surface area contributed by atoms with E-state index in [1.54, 1.807) is 0 Å². The van der Waals surface area contributed by atoms with Gasteiger partial charge in [0.15, 0.2) is 0 Å². The van der Waals surface area contributed by atoms with Gasteiger partial charge in [0.05, 0.1) is 0 Å². The number of amides is 2. The van der Waals surface area contributed by atoms with Crippen LogP contribution in [0.3, 0.4) is 0 Å². The number of rotatable bonds is 5. The Bertz CT molecular complexity index is 328. The molecule has 0 bridgehead atoms. The highest BCUT2D eigenvalue weighted by molar-refractivity contribution is 7.98. The molecule has 0 saturated heterocycles. The van der Waals surface area contributed by atoms with Crippen LogP contribution in [0, 0.1) is 0 Å². The van der Waals surface area contributed by atoms with Crippen LogP contribution in [-0.4, -0.2) is 6.03 Å². The van der Waals surface area contributed by atoms with Crippen molar-refractivity contribution in [1.29, 1.82) is 0 Å². The summed E-state index contributed by atoms with van der Waals surface area (Å²) in [5, 5.41) is 0. The van der Waals surface area contributed by atoms with Crippen LogP contribution in [0.5, 0.6) is 0 Å². The lowest BCUT2D eigenvalue weighted by Crippen LogP contribution is -2.22. The van der Waals surface area contributed by atoms with Crippen LogP contribution in [-0.2, 0) is 6.42 Å². The highest BCUT2D eigenvalue weighted by Gasteiger charge is 2.02. The van der Waals surface area contributed by atoms with Gasteiger partial charge in [-0.15, -0.1) is 0 Å². The van der Waals surface area contributed by atoms with E-state index in [4.69, 9.17) is 5.73 Å². The van der Waals surface area contributed by atoms with E-state index in [2.05, 4.69) is 17.7 Å². The molecule has 3 nitrogen and oxygen atoms in total. The number of unbranched alkanes of at least 4 members (excludes halogenated alkanes) is 1. The predicted molar refractivity (Wildman–Crippen MR) is 63.6 cm³/mol. The molecule has 3 N–H and O–H groups in total. The van der Waals surface area contributed by atoms with Gasteiger partial charge in [-0.25, -0.2) is 4.79 Å². The van der Waals surface area contributed by atoms with Gasteiger partial charge in [0, 0.05) is 4.90 Å². The van der Waals surface area contributed by atoms with Gasteiger partial charge in [0.1, 0.15) is 0 Å². The summed E-state index contributed by atoms with van der Waals surface area (Å²) in [6, 6.07) is 7.54. The van der Waals surface area contributed by atoms with Gasteiger partial charge in [-0.3, -0.25) is 4.72 Å². The first kappa shape index (κ1) is 11.9. The fraction of sp³-hybridized carbons (Fsp3) is 0.364. The standard InChI is InChI=1S/C11H16N2OS/c1-2-3-6-9-7-4-5-8-10(9)15-13-11(12)14/h4-5,7-8H,2-3,6H2,1H3,(H3,12,13,14). The maximum Gasteiger partial charge on any atom is 0.322 e. The van der Waals surface area contributed by atoms with Crippen molar-refractivity contribution in [3.05, 3.63) is 29.8 Å². The molecule has 0 unspecified atom stereocenters. The van der Waals surface area contributed by atoms with Crippen LogP contribution < -0.4 is 10.5 Å². The fourth-order valence-corrected chi connectivity index (χ4v) is 1.94. The van der Waals surface area contributed by atoms with Crippen LogP contribution in [0.25, 0.3) is 0 Å². The molecular formula is C11H16N2OS. The highest BCUT2D eigenvalue weighted by Crippen LogP contribution is 2.21. The Morgan fingerprint density at radius 2 is 2.20 bits per heavy atom. The second-order valence-corrected chi connectivity index (χ2v) is 4.13. The maximum absolute atomic E-state index is 10.6. The van der Waals surface area contributed by atoms with Crippen molar-refractivity contribution in [1.82, 2.24) is 4.72 Å². The summed E-state index contributed by atoms with van der Waals surface area (Å²) in [4.78, 5) is 11.7. The summed E-state index contributed by atoms with van der Waals surface area (Å²) in [5.41, 5.74) is 6.28. The first-order valence-corrected chi connectivity index (χ1v) is 5.86. The molecular weight excluding hydrogens is 208 g/mol. The molecule has 0 aromatic heterocycles. The van der Waals surface area contributed by atoms with E-state index in [0.29, 0.717) is 0 Å². The fourth-order valence-electron chi connectivity index (χ4n) is 1.28. The molecule has 0 heterocycles. The first-order chi connectivity index (χ1) is 7.24. The minimum atomic E-state index is -0.509. The molecule has 1 rings (SSSR count). The van der Waals surface area contributed by atoms with E-state index >= 15 is 0 Å². The van der Waals surface area contributed by atoms with Crippen LogP contribution >= 0.6 is 11.9 Å². The summed E-state index contributed by atoms with van der Waals surface area (Å²) < 4.78 is 2.53. The normalized spacial score (nSPS) is 9.93. The summed E-state index contributed by atoms with van der Waals surface area (Å²) in [6.45, 7) is 2.16. The largest absolute Gasteiger partial charge is 0.351 e. The average molecular weight is 224 g/mol. The molecule has 0 spiro atoms. The summed E-state index contributed by atoms with van der Waals surface area (Å²) >= 11 is 1.28. The van der Waals surface area contributed by atoms with Crippen molar-refractivity contribution in [2.75, 3.05) is 0 Å². The first-order valence-electron chi connectivity index (χ1n) is 5.04. The van der Waals surface area contributed by atoms with Crippen LogP contribution in [0.2, 0.25) is 0 Å². The molecule has 0 aliphatic heterocycles. The molecule has 82 valence electrons. The molecule has 4 heteroatoms. The molecule has 0 aliphatic carbocycles. The number of benzene rings is 1. The Balaban J connectivity index is 2.63.